The molecular formula is C26H35F3O6. The minimum Gasteiger partial charge on any atom is -0.491 e. The molecule has 0 spiro atoms. The molecule has 35 heavy (non-hydrogen) atoms. The molecular weight excluding hydrogens is 465 g/mol. The number of aliphatic hydroxyl groups excluding tert-OH is 3. The molecule has 9 heteroatoms. The fraction of sp³-hybridized carbons (Fsp3) is 0.577. The number of carbonyl (C=O) groups is 1. The second-order valence-corrected chi connectivity index (χ2v) is 9.21. The van der Waals surface area contributed by atoms with Gasteiger partial charge in [0.2, 0.25) is 0 Å². The number of allylic oxidation sites excluding steroid dienone is 2. The van der Waals surface area contributed by atoms with E-state index >= 15 is 0 Å². The van der Waals surface area contributed by atoms with Crippen molar-refractivity contribution >= 4 is 5.97 Å². The summed E-state index contributed by atoms with van der Waals surface area (Å²) in [6, 6.07) is 4.40. The number of unbranched alkanes of at least 4 members (excludes halogenated alkanes) is 1. The average molecular weight is 501 g/mol. The van der Waals surface area contributed by atoms with Crippen molar-refractivity contribution in [2.45, 2.75) is 83.0 Å². The van der Waals surface area contributed by atoms with Crippen LogP contribution in [0, 0.1) is 5.41 Å². The van der Waals surface area contributed by atoms with Crippen LogP contribution in [-0.2, 0) is 15.7 Å². The Morgan fingerprint density at radius 3 is 2.63 bits per heavy atom. The fourth-order valence-corrected chi connectivity index (χ4v) is 4.03. The molecule has 1 aliphatic rings. The summed E-state index contributed by atoms with van der Waals surface area (Å²) in [5, 5.41) is 30.9. The van der Waals surface area contributed by atoms with Gasteiger partial charge in [0, 0.05) is 18.3 Å². The van der Waals surface area contributed by atoms with Crippen LogP contribution in [0.2, 0.25) is 0 Å². The van der Waals surface area contributed by atoms with E-state index in [1.807, 2.05) is 12.2 Å². The molecule has 0 aliphatic heterocycles. The highest BCUT2D eigenvalue weighted by Gasteiger charge is 2.43. The lowest BCUT2D eigenvalue weighted by Crippen LogP contribution is -2.28. The molecule has 196 valence electrons. The van der Waals surface area contributed by atoms with Crippen LogP contribution in [0.1, 0.15) is 57.9 Å². The molecule has 0 unspecified atom stereocenters. The number of alkyl halides is 3. The van der Waals surface area contributed by atoms with Crippen LogP contribution in [-0.4, -0.2) is 52.3 Å². The number of hydrogen-bond acceptors (Lipinski definition) is 6. The monoisotopic (exact) mass is 500 g/mol. The van der Waals surface area contributed by atoms with Crippen molar-refractivity contribution in [2.24, 2.45) is 5.41 Å². The molecule has 6 nitrogen and oxygen atoms in total. The summed E-state index contributed by atoms with van der Waals surface area (Å²) in [6.45, 7) is 3.32. The van der Waals surface area contributed by atoms with Gasteiger partial charge in [-0.25, -0.2) is 0 Å². The minimum absolute atomic E-state index is 0.0153. The third kappa shape index (κ3) is 9.66. The number of halogens is 3. The number of rotatable bonds is 12. The van der Waals surface area contributed by atoms with Crippen LogP contribution in [0.5, 0.6) is 5.75 Å². The van der Waals surface area contributed by atoms with Crippen LogP contribution in [0.25, 0.3) is 0 Å². The third-order valence-corrected chi connectivity index (χ3v) is 5.79. The van der Waals surface area contributed by atoms with E-state index in [-0.39, 0.29) is 30.9 Å². The second kappa shape index (κ2) is 13.1. The highest BCUT2D eigenvalue weighted by Crippen LogP contribution is 2.43. The Labute approximate surface area is 204 Å². The van der Waals surface area contributed by atoms with E-state index in [0.717, 1.165) is 12.1 Å². The summed E-state index contributed by atoms with van der Waals surface area (Å²) in [4.78, 5) is 11.6. The zero-order chi connectivity index (χ0) is 26.1. The number of esters is 1. The first-order valence-electron chi connectivity index (χ1n) is 11.8. The second-order valence-electron chi connectivity index (χ2n) is 9.21. The van der Waals surface area contributed by atoms with Crippen molar-refractivity contribution in [1.82, 2.24) is 0 Å². The van der Waals surface area contributed by atoms with Crippen molar-refractivity contribution in [1.29, 1.82) is 0 Å². The first-order valence-corrected chi connectivity index (χ1v) is 11.8. The van der Waals surface area contributed by atoms with Crippen LogP contribution >= 0.6 is 0 Å². The molecule has 0 heterocycles. The van der Waals surface area contributed by atoms with E-state index < -0.39 is 35.5 Å². The van der Waals surface area contributed by atoms with Crippen LogP contribution < -0.4 is 4.74 Å². The van der Waals surface area contributed by atoms with Gasteiger partial charge in [0.25, 0.3) is 0 Å². The van der Waals surface area contributed by atoms with Gasteiger partial charge in [-0.1, -0.05) is 30.4 Å². The SMILES string of the molecule is CC(C)OC(=O)CCC/C=C\C[C@]1(/C=C/[C@@H](O)COc2cccc(C(F)(F)F)c2)C[C@@H](O)C[C@@H]1O. The van der Waals surface area contributed by atoms with Crippen molar-refractivity contribution in [3.63, 3.8) is 0 Å². The lowest BCUT2D eigenvalue weighted by molar-refractivity contribution is -0.147. The van der Waals surface area contributed by atoms with Crippen molar-refractivity contribution in [3.05, 3.63) is 54.1 Å². The number of ether oxygens (including phenoxy) is 2. The van der Waals surface area contributed by atoms with Gasteiger partial charge >= 0.3 is 12.1 Å². The van der Waals surface area contributed by atoms with Gasteiger partial charge in [-0.15, -0.1) is 0 Å². The molecule has 1 saturated carbocycles. The highest BCUT2D eigenvalue weighted by molar-refractivity contribution is 5.69. The summed E-state index contributed by atoms with van der Waals surface area (Å²) in [5.41, 5.74) is -1.63. The van der Waals surface area contributed by atoms with Crippen LogP contribution in [0.4, 0.5) is 13.2 Å². The molecule has 1 fully saturated rings. The smallest absolute Gasteiger partial charge is 0.416 e. The summed E-state index contributed by atoms with van der Waals surface area (Å²) >= 11 is 0. The summed E-state index contributed by atoms with van der Waals surface area (Å²) in [6.07, 6.45) is 2.11. The lowest BCUT2D eigenvalue weighted by Gasteiger charge is -2.28. The van der Waals surface area contributed by atoms with Crippen LogP contribution in [0.3, 0.4) is 0 Å². The first-order chi connectivity index (χ1) is 16.4. The molecule has 2 rings (SSSR count). The number of aliphatic hydroxyl groups is 3. The molecule has 0 saturated heterocycles. The summed E-state index contributed by atoms with van der Waals surface area (Å²) < 4.78 is 48.9. The molecule has 3 N–H and O–H groups in total. The lowest BCUT2D eigenvalue weighted by atomic mass is 9.79. The maximum Gasteiger partial charge on any atom is 0.416 e. The molecule has 0 aromatic heterocycles. The van der Waals surface area contributed by atoms with Gasteiger partial charge in [0.15, 0.2) is 0 Å². The molecule has 0 amide bonds. The molecule has 1 aromatic rings. The minimum atomic E-state index is -4.49. The first kappa shape index (κ1) is 28.9. The Morgan fingerprint density at radius 1 is 1.26 bits per heavy atom. The zero-order valence-corrected chi connectivity index (χ0v) is 20.1. The largest absolute Gasteiger partial charge is 0.491 e. The Kier molecular flexibility index (Phi) is 10.8. The van der Waals surface area contributed by atoms with Crippen molar-refractivity contribution in [3.8, 4) is 5.75 Å². The maximum absolute atomic E-state index is 12.8. The normalized spacial score (nSPS) is 23.9. The van der Waals surface area contributed by atoms with Gasteiger partial charge in [-0.05, 0) is 57.7 Å². The Balaban J connectivity index is 1.91. The predicted molar refractivity (Wildman–Crippen MR) is 125 cm³/mol. The van der Waals surface area contributed by atoms with E-state index in [1.54, 1.807) is 19.9 Å². The van der Waals surface area contributed by atoms with E-state index in [4.69, 9.17) is 9.47 Å². The number of carbonyl (C=O) groups excluding carboxylic acids is 1. The van der Waals surface area contributed by atoms with Gasteiger partial charge in [-0.3, -0.25) is 4.79 Å². The standard InChI is InChI=1S/C26H35F3O6/c1-18(2)35-24(33)10-5-3-4-6-12-25(16-21(31)15-23(25)32)13-11-20(30)17-34-22-9-7-8-19(14-22)26(27,28)29/h4,6-9,11,13-14,18,20-21,23,30-32H,3,5,10,12,15-17H2,1-2H3/b6-4-,13-11+/t20-,21+,23+,25+/m1/s1. The zero-order valence-electron chi connectivity index (χ0n) is 20.1. The number of benzene rings is 1. The third-order valence-electron chi connectivity index (χ3n) is 5.79. The van der Waals surface area contributed by atoms with Gasteiger partial charge in [0.1, 0.15) is 18.5 Å². The van der Waals surface area contributed by atoms with E-state index in [1.165, 1.54) is 18.2 Å². The average Bonchev–Trinajstić information content (AvgIpc) is 3.05. The van der Waals surface area contributed by atoms with Gasteiger partial charge < -0.3 is 24.8 Å². The Bertz CT molecular complexity index is 867. The van der Waals surface area contributed by atoms with E-state index in [2.05, 4.69) is 0 Å². The van der Waals surface area contributed by atoms with Gasteiger partial charge in [0.05, 0.1) is 23.9 Å². The fourth-order valence-electron chi connectivity index (χ4n) is 4.03. The van der Waals surface area contributed by atoms with E-state index in [9.17, 15) is 33.3 Å². The number of hydrogen-bond donors (Lipinski definition) is 3. The Morgan fingerprint density at radius 2 is 2.00 bits per heavy atom. The maximum atomic E-state index is 12.8. The summed E-state index contributed by atoms with van der Waals surface area (Å²) in [7, 11) is 0. The molecule has 0 bridgehead atoms. The predicted octanol–water partition coefficient (Wildman–Crippen LogP) is 4.57. The van der Waals surface area contributed by atoms with Crippen molar-refractivity contribution < 1.29 is 42.8 Å². The topological polar surface area (TPSA) is 96.2 Å². The van der Waals surface area contributed by atoms with Crippen LogP contribution in [0.15, 0.2) is 48.6 Å². The highest BCUT2D eigenvalue weighted by atomic mass is 19.4. The molecule has 0 radical (unpaired) electrons. The van der Waals surface area contributed by atoms with Crippen molar-refractivity contribution in [2.75, 3.05) is 6.61 Å². The molecule has 1 aliphatic carbocycles. The summed E-state index contributed by atoms with van der Waals surface area (Å²) in [5.74, 6) is -0.262. The molecule has 4 atom stereocenters. The van der Waals surface area contributed by atoms with Gasteiger partial charge in [-0.2, -0.15) is 13.2 Å². The Hall–Kier alpha value is -2.36. The van der Waals surface area contributed by atoms with E-state index in [0.29, 0.717) is 32.1 Å². The molecule has 1 aromatic carbocycles. The quantitative estimate of drug-likeness (QED) is 0.221.